The molecular weight excluding hydrogens is 392 g/mol. The summed E-state index contributed by atoms with van der Waals surface area (Å²) in [6.07, 6.45) is 0.738. The Morgan fingerprint density at radius 2 is 1.79 bits per heavy atom. The molecule has 2 heterocycles. The van der Waals surface area contributed by atoms with E-state index >= 15 is 0 Å². The van der Waals surface area contributed by atoms with Gasteiger partial charge < -0.3 is 9.80 Å². The fraction of sp³-hybridized carbons (Fsp3) is 0.286. The third-order valence-electron chi connectivity index (χ3n) is 4.88. The maximum atomic E-state index is 12.7. The van der Waals surface area contributed by atoms with E-state index < -0.39 is 0 Å². The SMILES string of the molecule is Cc1ccc(Cc2nsc(N3CCN(C(=O)c4ccccc4Cl)CC3)n2)cc1. The molecule has 4 rings (SSSR count). The van der Waals surface area contributed by atoms with Crippen LogP contribution < -0.4 is 4.90 Å². The van der Waals surface area contributed by atoms with E-state index in [-0.39, 0.29) is 5.91 Å². The number of halogens is 1. The molecule has 28 heavy (non-hydrogen) atoms. The number of benzene rings is 2. The minimum atomic E-state index is -0.0115. The summed E-state index contributed by atoms with van der Waals surface area (Å²) in [5.41, 5.74) is 3.03. The summed E-state index contributed by atoms with van der Waals surface area (Å²) in [5.74, 6) is 0.834. The first-order chi connectivity index (χ1) is 13.6. The van der Waals surface area contributed by atoms with Crippen molar-refractivity contribution >= 4 is 34.2 Å². The smallest absolute Gasteiger partial charge is 0.255 e. The summed E-state index contributed by atoms with van der Waals surface area (Å²) >= 11 is 7.59. The van der Waals surface area contributed by atoms with Crippen LogP contribution in [0.3, 0.4) is 0 Å². The monoisotopic (exact) mass is 412 g/mol. The lowest BCUT2D eigenvalue weighted by Gasteiger charge is -2.34. The molecule has 1 aromatic heterocycles. The first kappa shape index (κ1) is 18.9. The predicted molar refractivity (Wildman–Crippen MR) is 113 cm³/mol. The summed E-state index contributed by atoms with van der Waals surface area (Å²) in [4.78, 5) is 21.4. The topological polar surface area (TPSA) is 49.3 Å². The van der Waals surface area contributed by atoms with Gasteiger partial charge in [-0.05, 0) is 24.6 Å². The Kier molecular flexibility index (Phi) is 5.59. The largest absolute Gasteiger partial charge is 0.343 e. The van der Waals surface area contributed by atoms with Crippen LogP contribution in [0.15, 0.2) is 48.5 Å². The number of hydrogen-bond acceptors (Lipinski definition) is 5. The van der Waals surface area contributed by atoms with E-state index in [1.165, 1.54) is 22.7 Å². The van der Waals surface area contributed by atoms with Gasteiger partial charge in [-0.2, -0.15) is 4.37 Å². The average Bonchev–Trinajstić information content (AvgIpc) is 3.18. The number of aryl methyl sites for hydroxylation is 1. The lowest BCUT2D eigenvalue weighted by Crippen LogP contribution is -2.48. The molecule has 5 nitrogen and oxygen atoms in total. The van der Waals surface area contributed by atoms with Crippen molar-refractivity contribution in [3.05, 3.63) is 76.1 Å². The maximum absolute atomic E-state index is 12.7. The van der Waals surface area contributed by atoms with Crippen LogP contribution in [0.5, 0.6) is 0 Å². The van der Waals surface area contributed by atoms with Crippen LogP contribution in [0.2, 0.25) is 5.02 Å². The van der Waals surface area contributed by atoms with Gasteiger partial charge in [0.05, 0.1) is 10.6 Å². The van der Waals surface area contributed by atoms with Crippen molar-refractivity contribution < 1.29 is 4.79 Å². The van der Waals surface area contributed by atoms with Gasteiger partial charge in [0.1, 0.15) is 5.82 Å². The molecule has 0 atom stereocenters. The number of rotatable bonds is 4. The molecule has 7 heteroatoms. The Balaban J connectivity index is 1.36. The summed E-state index contributed by atoms with van der Waals surface area (Å²) < 4.78 is 4.51. The van der Waals surface area contributed by atoms with Gasteiger partial charge in [0.25, 0.3) is 5.91 Å². The van der Waals surface area contributed by atoms with Crippen LogP contribution >= 0.6 is 23.1 Å². The summed E-state index contributed by atoms with van der Waals surface area (Å²) in [6.45, 7) is 4.87. The Labute approximate surface area is 173 Å². The number of amides is 1. The lowest BCUT2D eigenvalue weighted by molar-refractivity contribution is 0.0747. The Morgan fingerprint density at radius 1 is 1.07 bits per heavy atom. The van der Waals surface area contributed by atoms with Crippen LogP contribution in [0.1, 0.15) is 27.3 Å². The molecule has 0 unspecified atom stereocenters. The van der Waals surface area contributed by atoms with Gasteiger partial charge >= 0.3 is 0 Å². The second kappa shape index (κ2) is 8.29. The van der Waals surface area contributed by atoms with Crippen molar-refractivity contribution in [2.75, 3.05) is 31.1 Å². The number of anilines is 1. The molecule has 0 spiro atoms. The highest BCUT2D eigenvalue weighted by Crippen LogP contribution is 2.22. The molecule has 1 aliphatic rings. The normalized spacial score (nSPS) is 14.4. The lowest BCUT2D eigenvalue weighted by atomic mass is 10.1. The Bertz CT molecular complexity index is 965. The van der Waals surface area contributed by atoms with Crippen molar-refractivity contribution in [1.82, 2.24) is 14.3 Å². The summed E-state index contributed by atoms with van der Waals surface area (Å²) in [7, 11) is 0. The number of piperazine rings is 1. The highest BCUT2D eigenvalue weighted by molar-refractivity contribution is 7.09. The van der Waals surface area contributed by atoms with Gasteiger partial charge in [0.15, 0.2) is 0 Å². The third kappa shape index (κ3) is 4.18. The van der Waals surface area contributed by atoms with E-state index in [4.69, 9.17) is 16.6 Å². The Morgan fingerprint density at radius 3 is 2.50 bits per heavy atom. The number of hydrogen-bond donors (Lipinski definition) is 0. The fourth-order valence-corrected chi connectivity index (χ4v) is 4.19. The number of aromatic nitrogens is 2. The van der Waals surface area contributed by atoms with Gasteiger partial charge in [-0.25, -0.2) is 4.98 Å². The van der Waals surface area contributed by atoms with Gasteiger partial charge in [-0.1, -0.05) is 53.6 Å². The van der Waals surface area contributed by atoms with E-state index in [2.05, 4.69) is 40.5 Å². The van der Waals surface area contributed by atoms with Crippen LogP contribution in [0.4, 0.5) is 5.13 Å². The highest BCUT2D eigenvalue weighted by atomic mass is 35.5. The predicted octanol–water partition coefficient (Wildman–Crippen LogP) is 4.05. The maximum Gasteiger partial charge on any atom is 0.255 e. The van der Waals surface area contributed by atoms with Crippen LogP contribution in [-0.4, -0.2) is 46.3 Å². The molecule has 0 saturated carbocycles. The van der Waals surface area contributed by atoms with Gasteiger partial charge in [-0.15, -0.1) is 0 Å². The van der Waals surface area contributed by atoms with Crippen molar-refractivity contribution in [1.29, 1.82) is 0 Å². The summed E-state index contributed by atoms with van der Waals surface area (Å²) in [5, 5.41) is 1.42. The van der Waals surface area contributed by atoms with Crippen LogP contribution in [0, 0.1) is 6.92 Å². The molecular formula is C21H21ClN4OS. The fourth-order valence-electron chi connectivity index (χ4n) is 3.24. The van der Waals surface area contributed by atoms with Crippen molar-refractivity contribution in [2.45, 2.75) is 13.3 Å². The standard InChI is InChI=1S/C21H21ClN4OS/c1-15-6-8-16(9-7-15)14-19-23-21(28-24-19)26-12-10-25(11-13-26)20(27)17-4-2-3-5-18(17)22/h2-9H,10-14H2,1H3. The second-order valence-electron chi connectivity index (χ2n) is 6.91. The average molecular weight is 413 g/mol. The second-order valence-corrected chi connectivity index (χ2v) is 8.05. The molecule has 1 saturated heterocycles. The van der Waals surface area contributed by atoms with E-state index in [1.807, 2.05) is 17.0 Å². The Hall–Kier alpha value is -2.44. The molecule has 0 N–H and O–H groups in total. The molecule has 1 amide bonds. The van der Waals surface area contributed by atoms with Crippen LogP contribution in [-0.2, 0) is 6.42 Å². The number of nitrogens with zero attached hydrogens (tertiary/aromatic N) is 4. The zero-order chi connectivity index (χ0) is 19.5. The minimum absolute atomic E-state index is 0.0115. The molecule has 0 aliphatic carbocycles. The first-order valence-electron chi connectivity index (χ1n) is 9.27. The van der Waals surface area contributed by atoms with E-state index in [1.54, 1.807) is 12.1 Å². The third-order valence-corrected chi connectivity index (χ3v) is 6.03. The van der Waals surface area contributed by atoms with Crippen molar-refractivity contribution in [2.24, 2.45) is 0 Å². The molecule has 2 aromatic carbocycles. The van der Waals surface area contributed by atoms with E-state index in [0.29, 0.717) is 23.7 Å². The zero-order valence-electron chi connectivity index (χ0n) is 15.6. The van der Waals surface area contributed by atoms with Crippen LogP contribution in [0.25, 0.3) is 0 Å². The highest BCUT2D eigenvalue weighted by Gasteiger charge is 2.25. The van der Waals surface area contributed by atoms with Crippen molar-refractivity contribution in [3.8, 4) is 0 Å². The number of carbonyl (C=O) groups excluding carboxylic acids is 1. The van der Waals surface area contributed by atoms with Crippen molar-refractivity contribution in [3.63, 3.8) is 0 Å². The minimum Gasteiger partial charge on any atom is -0.343 e. The molecule has 0 radical (unpaired) electrons. The molecule has 1 aliphatic heterocycles. The molecule has 0 bridgehead atoms. The first-order valence-corrected chi connectivity index (χ1v) is 10.4. The molecule has 1 fully saturated rings. The van der Waals surface area contributed by atoms with Gasteiger partial charge in [0.2, 0.25) is 5.13 Å². The van der Waals surface area contributed by atoms with Gasteiger partial charge in [0, 0.05) is 44.1 Å². The van der Waals surface area contributed by atoms with E-state index in [9.17, 15) is 4.79 Å². The van der Waals surface area contributed by atoms with E-state index in [0.717, 1.165) is 30.5 Å². The quantitative estimate of drug-likeness (QED) is 0.648. The molecule has 144 valence electrons. The zero-order valence-corrected chi connectivity index (χ0v) is 17.2. The van der Waals surface area contributed by atoms with Gasteiger partial charge in [-0.3, -0.25) is 4.79 Å². The molecule has 3 aromatic rings. The number of carbonyl (C=O) groups is 1. The summed E-state index contributed by atoms with van der Waals surface area (Å²) in [6, 6.07) is 15.7.